The summed E-state index contributed by atoms with van der Waals surface area (Å²) >= 11 is 0. The molecule has 4 heteroatoms. The van der Waals surface area contributed by atoms with Crippen LogP contribution in [-0.2, 0) is 6.42 Å². The fourth-order valence-corrected chi connectivity index (χ4v) is 2.91. The molecule has 122 valence electrons. The highest BCUT2D eigenvalue weighted by Gasteiger charge is 2.22. The molecular weight excluding hydrogens is 303 g/mol. The van der Waals surface area contributed by atoms with E-state index in [9.17, 15) is 0 Å². The molecule has 0 spiro atoms. The summed E-state index contributed by atoms with van der Waals surface area (Å²) in [7, 11) is 0. The van der Waals surface area contributed by atoms with Crippen LogP contribution in [0.3, 0.4) is 0 Å². The minimum Gasteiger partial charge on any atom is -0.314 e. The van der Waals surface area contributed by atoms with Gasteiger partial charge in [-0.3, -0.25) is 4.90 Å². The van der Waals surface area contributed by atoms with Crippen LogP contribution in [0.15, 0.2) is 24.3 Å². The summed E-state index contributed by atoms with van der Waals surface area (Å²) in [6.07, 6.45) is 2.38. The van der Waals surface area contributed by atoms with E-state index < -0.39 is 0 Å². The summed E-state index contributed by atoms with van der Waals surface area (Å²) in [6.45, 7) is 11.5. The molecule has 0 aliphatic carbocycles. The van der Waals surface area contributed by atoms with Gasteiger partial charge in [0.05, 0.1) is 0 Å². The third-order valence-electron chi connectivity index (χ3n) is 4.06. The van der Waals surface area contributed by atoms with E-state index in [1.54, 1.807) is 0 Å². The molecule has 1 fully saturated rings. The Morgan fingerprint density at radius 2 is 1.62 bits per heavy atom. The lowest BCUT2D eigenvalue weighted by Gasteiger charge is -2.36. The second-order valence-corrected chi connectivity index (χ2v) is 6.03. The van der Waals surface area contributed by atoms with Crippen molar-refractivity contribution in [1.29, 1.82) is 0 Å². The van der Waals surface area contributed by atoms with Gasteiger partial charge in [-0.1, -0.05) is 45.0 Å². The summed E-state index contributed by atoms with van der Waals surface area (Å²) in [5.41, 5.74) is 2.93. The van der Waals surface area contributed by atoms with Crippen molar-refractivity contribution in [1.82, 2.24) is 10.2 Å². The van der Waals surface area contributed by atoms with E-state index in [1.165, 1.54) is 30.6 Å². The molecule has 21 heavy (non-hydrogen) atoms. The average molecular weight is 333 g/mol. The number of rotatable bonds is 5. The van der Waals surface area contributed by atoms with Crippen LogP contribution in [0, 0.1) is 5.92 Å². The molecule has 1 N–H and O–H groups in total. The SMILES string of the molecule is CCc1ccc([C@@H](CC(C)C)N2CCNCC2)cc1.Cl.Cl. The van der Waals surface area contributed by atoms with Crippen molar-refractivity contribution in [2.24, 2.45) is 5.92 Å². The zero-order valence-electron chi connectivity index (χ0n) is 13.5. The van der Waals surface area contributed by atoms with Crippen molar-refractivity contribution in [2.75, 3.05) is 26.2 Å². The minimum absolute atomic E-state index is 0. The van der Waals surface area contributed by atoms with Crippen LogP contribution in [0.1, 0.15) is 44.4 Å². The van der Waals surface area contributed by atoms with E-state index in [0.29, 0.717) is 6.04 Å². The molecule has 1 saturated heterocycles. The summed E-state index contributed by atoms with van der Waals surface area (Å²) in [4.78, 5) is 2.65. The number of benzene rings is 1. The molecule has 1 aromatic rings. The van der Waals surface area contributed by atoms with Crippen molar-refractivity contribution >= 4 is 24.8 Å². The number of nitrogens with zero attached hydrogens (tertiary/aromatic N) is 1. The molecule has 0 unspecified atom stereocenters. The van der Waals surface area contributed by atoms with E-state index >= 15 is 0 Å². The van der Waals surface area contributed by atoms with Crippen LogP contribution in [0.25, 0.3) is 0 Å². The molecule has 2 nitrogen and oxygen atoms in total. The van der Waals surface area contributed by atoms with Gasteiger partial charge in [0, 0.05) is 32.2 Å². The van der Waals surface area contributed by atoms with Crippen LogP contribution in [0.5, 0.6) is 0 Å². The van der Waals surface area contributed by atoms with Crippen LogP contribution >= 0.6 is 24.8 Å². The zero-order chi connectivity index (χ0) is 13.7. The molecule has 0 aromatic heterocycles. The third-order valence-corrected chi connectivity index (χ3v) is 4.06. The molecule has 2 rings (SSSR count). The highest BCUT2D eigenvalue weighted by atomic mass is 35.5. The Bertz CT molecular complexity index is 373. The highest BCUT2D eigenvalue weighted by Crippen LogP contribution is 2.28. The molecule has 1 aliphatic heterocycles. The summed E-state index contributed by atoms with van der Waals surface area (Å²) in [6, 6.07) is 9.87. The van der Waals surface area contributed by atoms with E-state index in [4.69, 9.17) is 0 Å². The maximum atomic E-state index is 3.45. The monoisotopic (exact) mass is 332 g/mol. The Kier molecular flexibility index (Phi) is 10.3. The van der Waals surface area contributed by atoms with Crippen molar-refractivity contribution in [3.63, 3.8) is 0 Å². The number of hydrogen-bond donors (Lipinski definition) is 1. The minimum atomic E-state index is 0. The van der Waals surface area contributed by atoms with Gasteiger partial charge in [-0.25, -0.2) is 0 Å². The van der Waals surface area contributed by atoms with E-state index in [0.717, 1.165) is 25.4 Å². The fraction of sp³-hybridized carbons (Fsp3) is 0.647. The summed E-state index contributed by atoms with van der Waals surface area (Å²) in [5, 5.41) is 3.45. The van der Waals surface area contributed by atoms with Gasteiger partial charge in [-0.15, -0.1) is 24.8 Å². The Labute approximate surface area is 142 Å². The van der Waals surface area contributed by atoms with E-state index in [1.807, 2.05) is 0 Å². The van der Waals surface area contributed by atoms with E-state index in [-0.39, 0.29) is 24.8 Å². The average Bonchev–Trinajstić information content (AvgIpc) is 2.46. The normalized spacial score (nSPS) is 17.0. The lowest BCUT2D eigenvalue weighted by Crippen LogP contribution is -2.45. The molecule has 1 heterocycles. The molecule has 1 atom stereocenters. The van der Waals surface area contributed by atoms with Gasteiger partial charge >= 0.3 is 0 Å². The van der Waals surface area contributed by atoms with Gasteiger partial charge in [-0.2, -0.15) is 0 Å². The van der Waals surface area contributed by atoms with Gasteiger partial charge in [0.25, 0.3) is 0 Å². The maximum absolute atomic E-state index is 3.45. The Morgan fingerprint density at radius 1 is 1.05 bits per heavy atom. The smallest absolute Gasteiger partial charge is 0.0351 e. The predicted octanol–water partition coefficient (Wildman–Crippen LogP) is 4.09. The van der Waals surface area contributed by atoms with Crippen LogP contribution in [0.4, 0.5) is 0 Å². The third kappa shape index (κ3) is 6.15. The Balaban J connectivity index is 0.00000200. The lowest BCUT2D eigenvalue weighted by molar-refractivity contribution is 0.154. The number of hydrogen-bond acceptors (Lipinski definition) is 2. The highest BCUT2D eigenvalue weighted by molar-refractivity contribution is 5.85. The van der Waals surface area contributed by atoms with Crippen molar-refractivity contribution in [2.45, 2.75) is 39.7 Å². The summed E-state index contributed by atoms with van der Waals surface area (Å²) < 4.78 is 0. The topological polar surface area (TPSA) is 15.3 Å². The lowest BCUT2D eigenvalue weighted by atomic mass is 9.94. The fourth-order valence-electron chi connectivity index (χ4n) is 2.91. The summed E-state index contributed by atoms with van der Waals surface area (Å²) in [5.74, 6) is 0.741. The second kappa shape index (κ2) is 10.4. The number of halogens is 2. The molecular formula is C17H30Cl2N2. The van der Waals surface area contributed by atoms with Crippen molar-refractivity contribution < 1.29 is 0 Å². The van der Waals surface area contributed by atoms with Gasteiger partial charge < -0.3 is 5.32 Å². The number of aryl methyl sites for hydroxylation is 1. The van der Waals surface area contributed by atoms with Gasteiger partial charge in [0.15, 0.2) is 0 Å². The zero-order valence-corrected chi connectivity index (χ0v) is 15.1. The van der Waals surface area contributed by atoms with E-state index in [2.05, 4.69) is 55.3 Å². The van der Waals surface area contributed by atoms with Crippen LogP contribution in [-0.4, -0.2) is 31.1 Å². The van der Waals surface area contributed by atoms with Gasteiger partial charge in [0.2, 0.25) is 0 Å². The predicted molar refractivity (Wildman–Crippen MR) is 97.0 cm³/mol. The van der Waals surface area contributed by atoms with Gasteiger partial charge in [-0.05, 0) is 29.9 Å². The molecule has 0 saturated carbocycles. The second-order valence-electron chi connectivity index (χ2n) is 6.03. The first-order valence-electron chi connectivity index (χ1n) is 7.74. The molecule has 1 aromatic carbocycles. The molecule has 0 bridgehead atoms. The molecule has 1 aliphatic rings. The first-order valence-corrected chi connectivity index (χ1v) is 7.74. The Morgan fingerprint density at radius 3 is 2.10 bits per heavy atom. The standard InChI is InChI=1S/C17H28N2.2ClH/c1-4-15-5-7-16(8-6-15)17(13-14(2)3)19-11-9-18-10-12-19;;/h5-8,14,17-18H,4,9-13H2,1-3H3;2*1H/t17-;;/m1../s1. The first-order chi connectivity index (χ1) is 9.20. The number of piperazine rings is 1. The quantitative estimate of drug-likeness (QED) is 0.873. The van der Waals surface area contributed by atoms with Gasteiger partial charge in [0.1, 0.15) is 0 Å². The van der Waals surface area contributed by atoms with Crippen molar-refractivity contribution in [3.05, 3.63) is 35.4 Å². The van der Waals surface area contributed by atoms with Crippen LogP contribution < -0.4 is 5.32 Å². The molecule has 0 radical (unpaired) electrons. The van der Waals surface area contributed by atoms with Crippen LogP contribution in [0.2, 0.25) is 0 Å². The van der Waals surface area contributed by atoms with Crippen molar-refractivity contribution in [3.8, 4) is 0 Å². The molecule has 0 amide bonds. The number of nitrogens with one attached hydrogen (secondary N) is 1. The maximum Gasteiger partial charge on any atom is 0.0351 e. The largest absolute Gasteiger partial charge is 0.314 e. The first kappa shape index (κ1) is 20.7. The Hall–Kier alpha value is -0.280.